The van der Waals surface area contributed by atoms with E-state index in [2.05, 4.69) is 5.32 Å². The van der Waals surface area contributed by atoms with Gasteiger partial charge in [-0.05, 0) is 44.0 Å². The van der Waals surface area contributed by atoms with E-state index >= 15 is 0 Å². The fourth-order valence-corrected chi connectivity index (χ4v) is 3.42. The van der Waals surface area contributed by atoms with Gasteiger partial charge in [0.05, 0.1) is 0 Å². The molecule has 0 unspecified atom stereocenters. The first-order chi connectivity index (χ1) is 11.2. The molecule has 2 fully saturated rings. The van der Waals surface area contributed by atoms with Gasteiger partial charge in [-0.3, -0.25) is 9.59 Å². The molecule has 0 aliphatic carbocycles. The highest BCUT2D eigenvalue weighted by molar-refractivity contribution is 5.94. The summed E-state index contributed by atoms with van der Waals surface area (Å²) >= 11 is 0. The van der Waals surface area contributed by atoms with E-state index in [-0.39, 0.29) is 11.8 Å². The first kappa shape index (κ1) is 16.0. The van der Waals surface area contributed by atoms with E-state index in [1.54, 1.807) is 0 Å². The maximum Gasteiger partial charge on any atom is 0.253 e. The van der Waals surface area contributed by atoms with Crippen LogP contribution >= 0.6 is 0 Å². The van der Waals surface area contributed by atoms with Gasteiger partial charge in [0.25, 0.3) is 5.91 Å². The third kappa shape index (κ3) is 3.72. The predicted octanol–water partition coefficient (Wildman–Crippen LogP) is 1.63. The second-order valence-corrected chi connectivity index (χ2v) is 6.49. The molecule has 1 N–H and O–H groups in total. The number of carbonyl (C=O) groups is 2. The molecule has 124 valence electrons. The number of carbonyl (C=O) groups excluding carboxylic acids is 2. The molecule has 2 heterocycles. The van der Waals surface area contributed by atoms with Gasteiger partial charge in [-0.1, -0.05) is 12.1 Å². The first-order valence-electron chi connectivity index (χ1n) is 8.50. The Labute approximate surface area is 137 Å². The fraction of sp³-hybridized carbons (Fsp3) is 0.556. The van der Waals surface area contributed by atoms with E-state index in [1.165, 1.54) is 0 Å². The second kappa shape index (κ2) is 7.13. The number of nitrogens with zero attached hydrogens (tertiary/aromatic N) is 2. The van der Waals surface area contributed by atoms with Crippen LogP contribution in [0, 0.1) is 0 Å². The van der Waals surface area contributed by atoms with E-state index in [9.17, 15) is 9.59 Å². The molecule has 2 amide bonds. The summed E-state index contributed by atoms with van der Waals surface area (Å²) in [6, 6.07) is 8.12. The zero-order valence-electron chi connectivity index (χ0n) is 13.8. The van der Waals surface area contributed by atoms with Gasteiger partial charge in [0, 0.05) is 44.2 Å². The summed E-state index contributed by atoms with van der Waals surface area (Å²) < 4.78 is 0. The molecule has 0 saturated carbocycles. The van der Waals surface area contributed by atoms with Crippen LogP contribution in [0.3, 0.4) is 0 Å². The number of rotatable bonds is 4. The third-order valence-corrected chi connectivity index (χ3v) is 4.86. The Morgan fingerprint density at radius 1 is 1.22 bits per heavy atom. The molecule has 1 atom stereocenters. The van der Waals surface area contributed by atoms with Crippen LogP contribution in [0.2, 0.25) is 0 Å². The molecule has 2 saturated heterocycles. The normalized spacial score (nSPS) is 21.8. The SMILES string of the molecule is CN[C@H]1CCCN(C(=O)c2ccc(CN3CCCC3=O)cc2)C1. The second-order valence-electron chi connectivity index (χ2n) is 6.49. The van der Waals surface area contributed by atoms with Gasteiger partial charge < -0.3 is 15.1 Å². The molecule has 0 spiro atoms. The van der Waals surface area contributed by atoms with Crippen molar-refractivity contribution in [2.75, 3.05) is 26.7 Å². The average molecular weight is 315 g/mol. The molecule has 2 aliphatic heterocycles. The van der Waals surface area contributed by atoms with E-state index < -0.39 is 0 Å². The van der Waals surface area contributed by atoms with Crippen LogP contribution < -0.4 is 5.32 Å². The number of nitrogens with one attached hydrogen (secondary N) is 1. The van der Waals surface area contributed by atoms with Crippen molar-refractivity contribution in [3.05, 3.63) is 35.4 Å². The molecule has 1 aromatic carbocycles. The summed E-state index contributed by atoms with van der Waals surface area (Å²) in [5.74, 6) is 0.338. The molecule has 23 heavy (non-hydrogen) atoms. The lowest BCUT2D eigenvalue weighted by molar-refractivity contribution is -0.128. The molecular weight excluding hydrogens is 290 g/mol. The predicted molar refractivity (Wildman–Crippen MR) is 89.1 cm³/mol. The molecule has 1 aromatic rings. The zero-order chi connectivity index (χ0) is 16.2. The molecule has 5 nitrogen and oxygen atoms in total. The van der Waals surface area contributed by atoms with Gasteiger partial charge in [0.2, 0.25) is 5.91 Å². The number of amides is 2. The van der Waals surface area contributed by atoms with Gasteiger partial charge >= 0.3 is 0 Å². The van der Waals surface area contributed by atoms with Crippen molar-refractivity contribution >= 4 is 11.8 Å². The minimum atomic E-state index is 0.105. The molecule has 0 bridgehead atoms. The highest BCUT2D eigenvalue weighted by Crippen LogP contribution is 2.17. The highest BCUT2D eigenvalue weighted by Gasteiger charge is 2.24. The van der Waals surface area contributed by atoms with E-state index in [1.807, 2.05) is 41.1 Å². The largest absolute Gasteiger partial charge is 0.338 e. The van der Waals surface area contributed by atoms with Gasteiger partial charge in [0.15, 0.2) is 0 Å². The minimum Gasteiger partial charge on any atom is -0.338 e. The maximum atomic E-state index is 12.6. The summed E-state index contributed by atoms with van der Waals surface area (Å²) in [6.45, 7) is 3.11. The summed E-state index contributed by atoms with van der Waals surface area (Å²) in [6.07, 6.45) is 3.80. The number of hydrogen-bond acceptors (Lipinski definition) is 3. The first-order valence-corrected chi connectivity index (χ1v) is 8.50. The molecule has 0 radical (unpaired) electrons. The summed E-state index contributed by atoms with van der Waals surface area (Å²) in [5.41, 5.74) is 1.82. The Kier molecular flexibility index (Phi) is 4.96. The zero-order valence-corrected chi connectivity index (χ0v) is 13.8. The smallest absolute Gasteiger partial charge is 0.253 e. The summed E-state index contributed by atoms with van der Waals surface area (Å²) in [4.78, 5) is 28.1. The van der Waals surface area contributed by atoms with Crippen molar-refractivity contribution in [1.82, 2.24) is 15.1 Å². The number of benzene rings is 1. The maximum absolute atomic E-state index is 12.6. The Morgan fingerprint density at radius 3 is 2.65 bits per heavy atom. The van der Waals surface area contributed by atoms with E-state index in [0.29, 0.717) is 19.0 Å². The Balaban J connectivity index is 1.62. The molecular formula is C18H25N3O2. The van der Waals surface area contributed by atoms with Crippen molar-refractivity contribution < 1.29 is 9.59 Å². The molecule has 0 aromatic heterocycles. The Hall–Kier alpha value is -1.88. The van der Waals surface area contributed by atoms with Crippen LogP contribution in [0.25, 0.3) is 0 Å². The number of likely N-dealkylation sites (tertiary alicyclic amines) is 2. The topological polar surface area (TPSA) is 52.7 Å². The van der Waals surface area contributed by atoms with Crippen molar-refractivity contribution in [2.24, 2.45) is 0 Å². The molecule has 3 rings (SSSR count). The number of piperidine rings is 1. The molecule has 2 aliphatic rings. The third-order valence-electron chi connectivity index (χ3n) is 4.86. The quantitative estimate of drug-likeness (QED) is 0.919. The van der Waals surface area contributed by atoms with Crippen LogP contribution in [0.1, 0.15) is 41.6 Å². The van der Waals surface area contributed by atoms with Crippen molar-refractivity contribution in [3.63, 3.8) is 0 Å². The van der Waals surface area contributed by atoms with Crippen LogP contribution in [0.4, 0.5) is 0 Å². The monoisotopic (exact) mass is 315 g/mol. The Morgan fingerprint density at radius 2 is 2.00 bits per heavy atom. The van der Waals surface area contributed by atoms with Crippen molar-refractivity contribution in [2.45, 2.75) is 38.3 Å². The number of likely N-dealkylation sites (N-methyl/N-ethyl adjacent to an activating group) is 1. The van der Waals surface area contributed by atoms with Crippen LogP contribution in [-0.2, 0) is 11.3 Å². The molecule has 5 heteroatoms. The van der Waals surface area contributed by atoms with Gasteiger partial charge in [-0.15, -0.1) is 0 Å². The van der Waals surface area contributed by atoms with Gasteiger partial charge in [-0.25, -0.2) is 0 Å². The average Bonchev–Trinajstić information content (AvgIpc) is 3.00. The summed E-state index contributed by atoms with van der Waals surface area (Å²) in [5, 5.41) is 3.26. The lowest BCUT2D eigenvalue weighted by atomic mass is 10.0. The van der Waals surface area contributed by atoms with E-state index in [0.717, 1.165) is 50.0 Å². The van der Waals surface area contributed by atoms with Gasteiger partial charge in [0.1, 0.15) is 0 Å². The van der Waals surface area contributed by atoms with Crippen molar-refractivity contribution in [1.29, 1.82) is 0 Å². The van der Waals surface area contributed by atoms with Crippen LogP contribution in [0.15, 0.2) is 24.3 Å². The van der Waals surface area contributed by atoms with Crippen LogP contribution in [-0.4, -0.2) is 54.3 Å². The van der Waals surface area contributed by atoms with Crippen LogP contribution in [0.5, 0.6) is 0 Å². The lowest BCUT2D eigenvalue weighted by Crippen LogP contribution is -2.46. The minimum absolute atomic E-state index is 0.105. The lowest BCUT2D eigenvalue weighted by Gasteiger charge is -2.32. The fourth-order valence-electron chi connectivity index (χ4n) is 3.42. The van der Waals surface area contributed by atoms with E-state index in [4.69, 9.17) is 0 Å². The standard InChI is InChI=1S/C18H25N3O2/c1-19-16-4-2-11-21(13-16)18(23)15-8-6-14(7-9-15)12-20-10-3-5-17(20)22/h6-9,16,19H,2-5,10-13H2,1H3/t16-/m0/s1. The van der Waals surface area contributed by atoms with Crippen molar-refractivity contribution in [3.8, 4) is 0 Å². The summed E-state index contributed by atoms with van der Waals surface area (Å²) in [7, 11) is 1.95. The Bertz CT molecular complexity index is 570. The van der Waals surface area contributed by atoms with Gasteiger partial charge in [-0.2, -0.15) is 0 Å². The number of hydrogen-bond donors (Lipinski definition) is 1. The highest BCUT2D eigenvalue weighted by atomic mass is 16.2.